The predicted molar refractivity (Wildman–Crippen MR) is 114 cm³/mol. The normalized spacial score (nSPS) is 16.7. The molecule has 1 aliphatic rings. The Morgan fingerprint density at radius 3 is 2.43 bits per heavy atom. The van der Waals surface area contributed by atoms with Crippen LogP contribution in [0.15, 0.2) is 41.3 Å². The van der Waals surface area contributed by atoms with Crippen molar-refractivity contribution in [2.75, 3.05) is 25.9 Å². The van der Waals surface area contributed by atoms with E-state index in [2.05, 4.69) is 30.6 Å². The topological polar surface area (TPSA) is 58.6 Å². The molecule has 0 amide bonds. The lowest BCUT2D eigenvalue weighted by atomic mass is 9.86. The van der Waals surface area contributed by atoms with Crippen LogP contribution in [0.4, 0.5) is 5.69 Å². The van der Waals surface area contributed by atoms with Gasteiger partial charge >= 0.3 is 0 Å². The second kappa shape index (κ2) is 8.53. The molecule has 0 spiro atoms. The SMILES string of the molecule is CCCc1ccc(S(=O)(=O)Nc2ccc(OC)c3c2CC[C@H](N(C)C)C3)cc1. The van der Waals surface area contributed by atoms with Crippen molar-refractivity contribution in [1.82, 2.24) is 4.90 Å². The zero-order valence-electron chi connectivity index (χ0n) is 17.2. The van der Waals surface area contributed by atoms with Crippen molar-refractivity contribution in [3.63, 3.8) is 0 Å². The highest BCUT2D eigenvalue weighted by atomic mass is 32.2. The standard InChI is InChI=1S/C22H30N2O3S/c1-5-6-16-7-10-18(11-8-16)28(25,26)23-21-13-14-22(27-4)20-15-17(24(2)3)9-12-19(20)21/h7-8,10-11,13-14,17,23H,5-6,9,12,15H2,1-4H3/t17-/m0/s1. The van der Waals surface area contributed by atoms with Crippen LogP contribution in [0.25, 0.3) is 0 Å². The van der Waals surface area contributed by atoms with E-state index < -0.39 is 10.0 Å². The number of hydrogen-bond acceptors (Lipinski definition) is 4. The summed E-state index contributed by atoms with van der Waals surface area (Å²) in [5.41, 5.74) is 3.96. The lowest BCUT2D eigenvalue weighted by molar-refractivity contribution is 0.265. The van der Waals surface area contributed by atoms with Crippen molar-refractivity contribution in [3.05, 3.63) is 53.1 Å². The minimum absolute atomic E-state index is 0.291. The molecule has 0 saturated heterocycles. The lowest BCUT2D eigenvalue weighted by Gasteiger charge is -2.32. The van der Waals surface area contributed by atoms with Gasteiger partial charge in [0.1, 0.15) is 5.75 Å². The first-order valence-electron chi connectivity index (χ1n) is 9.82. The van der Waals surface area contributed by atoms with E-state index in [1.54, 1.807) is 19.2 Å². The van der Waals surface area contributed by atoms with E-state index in [-0.39, 0.29) is 0 Å². The average molecular weight is 403 g/mol. The van der Waals surface area contributed by atoms with Crippen LogP contribution in [-0.2, 0) is 29.3 Å². The molecule has 0 aromatic heterocycles. The molecule has 0 unspecified atom stereocenters. The van der Waals surface area contributed by atoms with Crippen LogP contribution in [-0.4, -0.2) is 40.6 Å². The summed E-state index contributed by atoms with van der Waals surface area (Å²) in [6, 6.07) is 11.3. The summed E-state index contributed by atoms with van der Waals surface area (Å²) < 4.78 is 34.2. The zero-order chi connectivity index (χ0) is 20.3. The summed E-state index contributed by atoms with van der Waals surface area (Å²) >= 11 is 0. The number of sulfonamides is 1. The summed E-state index contributed by atoms with van der Waals surface area (Å²) in [4.78, 5) is 2.51. The molecule has 28 heavy (non-hydrogen) atoms. The quantitative estimate of drug-likeness (QED) is 0.764. The number of hydrogen-bond donors (Lipinski definition) is 1. The molecule has 0 radical (unpaired) electrons. The Morgan fingerprint density at radius 1 is 1.11 bits per heavy atom. The Balaban J connectivity index is 1.91. The third-order valence-corrected chi connectivity index (χ3v) is 6.90. The van der Waals surface area contributed by atoms with Gasteiger partial charge in [-0.05, 0) is 75.2 Å². The number of anilines is 1. The zero-order valence-corrected chi connectivity index (χ0v) is 18.0. The van der Waals surface area contributed by atoms with Gasteiger partial charge in [-0.15, -0.1) is 0 Å². The van der Waals surface area contributed by atoms with Gasteiger partial charge < -0.3 is 9.64 Å². The Morgan fingerprint density at radius 2 is 1.82 bits per heavy atom. The second-order valence-corrected chi connectivity index (χ2v) is 9.31. The van der Waals surface area contributed by atoms with Gasteiger partial charge in [0.2, 0.25) is 0 Å². The molecule has 152 valence electrons. The Labute approximate surface area is 168 Å². The molecule has 0 aliphatic heterocycles. The number of ether oxygens (including phenoxy) is 1. The molecule has 1 aliphatic carbocycles. The molecule has 2 aromatic rings. The van der Waals surface area contributed by atoms with Gasteiger partial charge in [0.25, 0.3) is 10.0 Å². The molecule has 6 heteroatoms. The number of nitrogens with zero attached hydrogens (tertiary/aromatic N) is 1. The molecule has 0 saturated carbocycles. The molecule has 3 rings (SSSR count). The predicted octanol–water partition coefficient (Wildman–Crippen LogP) is 3.87. The molecule has 0 bridgehead atoms. The van der Waals surface area contributed by atoms with Gasteiger partial charge in [-0.2, -0.15) is 0 Å². The van der Waals surface area contributed by atoms with Crippen molar-refractivity contribution in [2.45, 2.75) is 50.0 Å². The highest BCUT2D eigenvalue weighted by Crippen LogP contribution is 2.36. The van der Waals surface area contributed by atoms with Gasteiger partial charge in [0.05, 0.1) is 17.7 Å². The average Bonchev–Trinajstić information content (AvgIpc) is 2.68. The number of aryl methyl sites for hydroxylation is 1. The third kappa shape index (κ3) is 4.33. The number of methoxy groups -OCH3 is 1. The first-order chi connectivity index (χ1) is 13.4. The fraction of sp³-hybridized carbons (Fsp3) is 0.455. The summed E-state index contributed by atoms with van der Waals surface area (Å²) in [6.07, 6.45) is 4.66. The number of rotatable bonds is 7. The van der Waals surface area contributed by atoms with E-state index in [0.29, 0.717) is 16.6 Å². The van der Waals surface area contributed by atoms with E-state index >= 15 is 0 Å². The van der Waals surface area contributed by atoms with Crippen LogP contribution < -0.4 is 9.46 Å². The van der Waals surface area contributed by atoms with Crippen LogP contribution in [0.1, 0.15) is 36.5 Å². The van der Waals surface area contributed by atoms with Crippen LogP contribution in [0.2, 0.25) is 0 Å². The van der Waals surface area contributed by atoms with E-state index in [1.807, 2.05) is 24.3 Å². The molecule has 0 fully saturated rings. The minimum Gasteiger partial charge on any atom is -0.496 e. The van der Waals surface area contributed by atoms with Crippen LogP contribution in [0, 0.1) is 0 Å². The molecular formula is C22H30N2O3S. The highest BCUT2D eigenvalue weighted by Gasteiger charge is 2.27. The van der Waals surface area contributed by atoms with Gasteiger partial charge in [0, 0.05) is 11.6 Å². The van der Waals surface area contributed by atoms with Crippen LogP contribution >= 0.6 is 0 Å². The van der Waals surface area contributed by atoms with E-state index in [4.69, 9.17) is 4.74 Å². The van der Waals surface area contributed by atoms with E-state index in [9.17, 15) is 8.42 Å². The highest BCUT2D eigenvalue weighted by molar-refractivity contribution is 7.92. The summed E-state index contributed by atoms with van der Waals surface area (Å²) in [7, 11) is 2.19. The summed E-state index contributed by atoms with van der Waals surface area (Å²) in [5.74, 6) is 0.827. The van der Waals surface area contributed by atoms with Crippen molar-refractivity contribution in [3.8, 4) is 5.75 Å². The van der Waals surface area contributed by atoms with Crippen molar-refractivity contribution in [1.29, 1.82) is 0 Å². The van der Waals surface area contributed by atoms with Crippen LogP contribution in [0.3, 0.4) is 0 Å². The largest absolute Gasteiger partial charge is 0.496 e. The Kier molecular flexibility index (Phi) is 6.30. The first kappa shape index (κ1) is 20.7. The smallest absolute Gasteiger partial charge is 0.261 e. The van der Waals surface area contributed by atoms with E-state index in [0.717, 1.165) is 54.5 Å². The van der Waals surface area contributed by atoms with Gasteiger partial charge in [-0.25, -0.2) is 8.42 Å². The molecule has 2 aromatic carbocycles. The van der Waals surface area contributed by atoms with Crippen molar-refractivity contribution in [2.24, 2.45) is 0 Å². The first-order valence-corrected chi connectivity index (χ1v) is 11.3. The van der Waals surface area contributed by atoms with Gasteiger partial charge in [-0.1, -0.05) is 25.5 Å². The molecular weight excluding hydrogens is 372 g/mol. The molecule has 0 heterocycles. The molecule has 1 N–H and O–H groups in total. The Hall–Kier alpha value is -2.05. The van der Waals surface area contributed by atoms with Gasteiger partial charge in [0.15, 0.2) is 0 Å². The van der Waals surface area contributed by atoms with Crippen LogP contribution in [0.5, 0.6) is 5.75 Å². The van der Waals surface area contributed by atoms with Gasteiger partial charge in [-0.3, -0.25) is 4.72 Å². The van der Waals surface area contributed by atoms with Crippen molar-refractivity contribution >= 4 is 15.7 Å². The maximum absolute atomic E-state index is 12.9. The van der Waals surface area contributed by atoms with E-state index in [1.165, 1.54) is 0 Å². The maximum Gasteiger partial charge on any atom is 0.261 e. The molecule has 5 nitrogen and oxygen atoms in total. The second-order valence-electron chi connectivity index (χ2n) is 7.63. The summed E-state index contributed by atoms with van der Waals surface area (Å²) in [5, 5.41) is 0. The monoisotopic (exact) mass is 402 g/mol. The number of fused-ring (bicyclic) bond motifs is 1. The minimum atomic E-state index is -3.63. The fourth-order valence-electron chi connectivity index (χ4n) is 3.88. The maximum atomic E-state index is 12.9. The number of benzene rings is 2. The number of nitrogens with one attached hydrogen (secondary N) is 1. The number of likely N-dealkylation sites (N-methyl/N-ethyl adjacent to an activating group) is 1. The van der Waals surface area contributed by atoms with Crippen molar-refractivity contribution < 1.29 is 13.2 Å². The third-order valence-electron chi connectivity index (χ3n) is 5.52. The summed E-state index contributed by atoms with van der Waals surface area (Å²) in [6.45, 7) is 2.11. The fourth-order valence-corrected chi connectivity index (χ4v) is 4.98. The lowest BCUT2D eigenvalue weighted by Crippen LogP contribution is -2.34. The molecule has 1 atom stereocenters. The Bertz CT molecular complexity index is 922.